The van der Waals surface area contributed by atoms with Crippen molar-refractivity contribution in [2.75, 3.05) is 26.2 Å². The highest BCUT2D eigenvalue weighted by molar-refractivity contribution is 5.98. The number of hydroxylamine groups is 2. The van der Waals surface area contributed by atoms with Crippen molar-refractivity contribution in [1.29, 1.82) is 0 Å². The molecule has 6 atom stereocenters. The molecule has 11 heteroatoms. The van der Waals surface area contributed by atoms with Crippen molar-refractivity contribution in [2.45, 2.75) is 77.0 Å². The summed E-state index contributed by atoms with van der Waals surface area (Å²) in [6.45, 7) is 9.29. The first-order chi connectivity index (χ1) is 17.2. The average molecular weight is 503 g/mol. The Morgan fingerprint density at radius 2 is 1.86 bits per heavy atom. The fourth-order valence-electron chi connectivity index (χ4n) is 6.79. The SMILES string of the molecule is C=CCON1C(=O)N2C[C@H]1[C@@H]1C3CCCCCCC3C1C2C(=O)N(CCN=[N+]=[N-])C(=O)OC(C)(C)C. The van der Waals surface area contributed by atoms with E-state index in [1.54, 1.807) is 31.7 Å². The lowest BCUT2D eigenvalue weighted by atomic mass is 9.48. The highest BCUT2D eigenvalue weighted by Gasteiger charge is 2.67. The predicted molar refractivity (Wildman–Crippen MR) is 131 cm³/mol. The van der Waals surface area contributed by atoms with Crippen LogP contribution in [0.4, 0.5) is 9.59 Å². The number of piperidine rings is 1. The van der Waals surface area contributed by atoms with Crippen molar-refractivity contribution in [1.82, 2.24) is 14.9 Å². The van der Waals surface area contributed by atoms with E-state index < -0.39 is 23.6 Å². The summed E-state index contributed by atoms with van der Waals surface area (Å²) in [4.78, 5) is 51.9. The molecule has 4 aliphatic rings. The molecule has 2 heterocycles. The summed E-state index contributed by atoms with van der Waals surface area (Å²) in [6.07, 6.45) is 7.55. The molecule has 4 amide bonds. The van der Waals surface area contributed by atoms with Gasteiger partial charge in [0.15, 0.2) is 0 Å². The van der Waals surface area contributed by atoms with Crippen molar-refractivity contribution >= 4 is 18.0 Å². The van der Waals surface area contributed by atoms with E-state index in [1.165, 1.54) is 17.9 Å². The van der Waals surface area contributed by atoms with Crippen LogP contribution in [0.1, 0.15) is 59.3 Å². The second-order valence-corrected chi connectivity index (χ2v) is 11.3. The van der Waals surface area contributed by atoms with Gasteiger partial charge in [0.2, 0.25) is 0 Å². The molecule has 2 bridgehead atoms. The van der Waals surface area contributed by atoms with Crippen LogP contribution in [-0.4, -0.2) is 76.8 Å². The Kier molecular flexibility index (Phi) is 7.80. The number of fused-ring (bicyclic) bond motifs is 7. The lowest BCUT2D eigenvalue weighted by Gasteiger charge is -2.60. The van der Waals surface area contributed by atoms with Gasteiger partial charge in [0.1, 0.15) is 11.6 Å². The summed E-state index contributed by atoms with van der Waals surface area (Å²) >= 11 is 0. The molecule has 4 rings (SSSR count). The number of imide groups is 1. The first kappa shape index (κ1) is 26.3. The molecule has 2 saturated carbocycles. The molecule has 2 aliphatic carbocycles. The summed E-state index contributed by atoms with van der Waals surface area (Å²) in [5.74, 6) is 0.360. The first-order valence-corrected chi connectivity index (χ1v) is 13.1. The van der Waals surface area contributed by atoms with E-state index in [0.717, 1.165) is 30.6 Å². The van der Waals surface area contributed by atoms with Gasteiger partial charge in [0, 0.05) is 24.5 Å². The summed E-state index contributed by atoms with van der Waals surface area (Å²) in [7, 11) is 0. The molecule has 4 unspecified atom stereocenters. The van der Waals surface area contributed by atoms with Crippen molar-refractivity contribution < 1.29 is 24.0 Å². The lowest BCUT2D eigenvalue weighted by molar-refractivity contribution is -0.187. The number of carbonyl (C=O) groups is 3. The molecule has 0 aromatic rings. The van der Waals surface area contributed by atoms with Gasteiger partial charge in [0.25, 0.3) is 5.91 Å². The van der Waals surface area contributed by atoms with Gasteiger partial charge in [-0.15, -0.1) is 6.58 Å². The second-order valence-electron chi connectivity index (χ2n) is 11.3. The quantitative estimate of drug-likeness (QED) is 0.219. The van der Waals surface area contributed by atoms with Crippen molar-refractivity contribution in [2.24, 2.45) is 28.8 Å². The molecule has 0 radical (unpaired) electrons. The fourth-order valence-corrected chi connectivity index (χ4v) is 6.79. The van der Waals surface area contributed by atoms with E-state index in [-0.39, 0.29) is 43.6 Å². The zero-order chi connectivity index (χ0) is 26.0. The van der Waals surface area contributed by atoms with E-state index in [4.69, 9.17) is 15.1 Å². The number of nitrogens with zero attached hydrogens (tertiary/aromatic N) is 6. The maximum atomic E-state index is 14.1. The third-order valence-electron chi connectivity index (χ3n) is 8.02. The van der Waals surface area contributed by atoms with Gasteiger partial charge in [-0.25, -0.2) is 14.5 Å². The predicted octanol–water partition coefficient (Wildman–Crippen LogP) is 4.50. The third-order valence-corrected chi connectivity index (χ3v) is 8.02. The van der Waals surface area contributed by atoms with Crippen LogP contribution >= 0.6 is 0 Å². The standard InChI is InChI=1S/C25H38N6O5/c1-5-14-35-31-18-15-30(23(31)33)21(20-17-11-9-7-6-8-10-16(17)19(18)20)22(32)29(13-12-27-28-26)24(34)36-25(2,3)4/h5,16-21H,1,6-15H2,2-4H3/t16?,17?,18-,19-,20?,21?/m0/s1. The first-order valence-electron chi connectivity index (χ1n) is 13.1. The maximum Gasteiger partial charge on any atom is 0.417 e. The van der Waals surface area contributed by atoms with E-state index in [0.29, 0.717) is 18.4 Å². The van der Waals surface area contributed by atoms with Crippen molar-refractivity contribution in [3.8, 4) is 0 Å². The Labute approximate surface area is 212 Å². The highest BCUT2D eigenvalue weighted by atomic mass is 16.7. The molecule has 2 saturated heterocycles. The summed E-state index contributed by atoms with van der Waals surface area (Å²) in [5, 5.41) is 4.97. The minimum absolute atomic E-state index is 0.0509. The largest absolute Gasteiger partial charge is 0.443 e. The molecular weight excluding hydrogens is 464 g/mol. The number of hydrogen-bond donors (Lipinski definition) is 0. The van der Waals surface area contributed by atoms with Crippen LogP contribution < -0.4 is 0 Å². The van der Waals surface area contributed by atoms with Crippen LogP contribution in [0.25, 0.3) is 10.4 Å². The van der Waals surface area contributed by atoms with Gasteiger partial charge in [-0.05, 0) is 62.8 Å². The molecule has 0 N–H and O–H groups in total. The molecule has 36 heavy (non-hydrogen) atoms. The Morgan fingerprint density at radius 1 is 1.19 bits per heavy atom. The number of hydrogen-bond acceptors (Lipinski definition) is 6. The monoisotopic (exact) mass is 502 g/mol. The zero-order valence-electron chi connectivity index (χ0n) is 21.5. The second kappa shape index (κ2) is 10.7. The van der Waals surface area contributed by atoms with E-state index in [1.807, 2.05) is 0 Å². The van der Waals surface area contributed by atoms with Crippen LogP contribution in [0.15, 0.2) is 17.8 Å². The van der Waals surface area contributed by atoms with E-state index in [2.05, 4.69) is 16.6 Å². The molecule has 198 valence electrons. The van der Waals surface area contributed by atoms with Crippen LogP contribution in [0.2, 0.25) is 0 Å². The van der Waals surface area contributed by atoms with Crippen molar-refractivity contribution in [3.63, 3.8) is 0 Å². The smallest absolute Gasteiger partial charge is 0.417 e. The molecule has 11 nitrogen and oxygen atoms in total. The maximum absolute atomic E-state index is 14.1. The summed E-state index contributed by atoms with van der Waals surface area (Å²) in [5.41, 5.74) is 7.92. The molecule has 0 aromatic carbocycles. The lowest BCUT2D eigenvalue weighted by Crippen LogP contribution is -2.68. The van der Waals surface area contributed by atoms with Gasteiger partial charge in [-0.3, -0.25) is 9.63 Å². The number of rotatable bonds is 7. The Morgan fingerprint density at radius 3 is 2.47 bits per heavy atom. The van der Waals surface area contributed by atoms with Crippen LogP contribution in [0, 0.1) is 23.7 Å². The van der Waals surface area contributed by atoms with Gasteiger partial charge in [-0.2, -0.15) is 5.06 Å². The van der Waals surface area contributed by atoms with Crippen LogP contribution in [0.3, 0.4) is 0 Å². The van der Waals surface area contributed by atoms with E-state index >= 15 is 0 Å². The van der Waals surface area contributed by atoms with Gasteiger partial charge in [0.05, 0.1) is 12.6 Å². The van der Waals surface area contributed by atoms with Gasteiger partial charge in [-0.1, -0.05) is 36.9 Å². The Bertz CT molecular complexity index is 928. The zero-order valence-corrected chi connectivity index (χ0v) is 21.5. The number of amides is 4. The van der Waals surface area contributed by atoms with E-state index in [9.17, 15) is 14.4 Å². The minimum Gasteiger partial charge on any atom is -0.443 e. The third kappa shape index (κ3) is 4.91. The number of ether oxygens (including phenoxy) is 1. The van der Waals surface area contributed by atoms with Crippen molar-refractivity contribution in [3.05, 3.63) is 23.1 Å². The molecule has 4 fully saturated rings. The van der Waals surface area contributed by atoms with Crippen LogP contribution in [0.5, 0.6) is 0 Å². The molecule has 0 spiro atoms. The normalized spacial score (nSPS) is 31.1. The average Bonchev–Trinajstić information content (AvgIpc) is 3.06. The number of urea groups is 1. The van der Waals surface area contributed by atoms with Gasteiger partial charge < -0.3 is 9.64 Å². The topological polar surface area (TPSA) is 128 Å². The summed E-state index contributed by atoms with van der Waals surface area (Å²) < 4.78 is 5.53. The minimum atomic E-state index is -0.811. The molecule has 2 aliphatic heterocycles. The highest BCUT2D eigenvalue weighted by Crippen LogP contribution is 2.60. The fraction of sp³-hybridized carbons (Fsp3) is 0.800. The molecular formula is C25H38N6O5. The molecule has 0 aromatic heterocycles. The Hall–Kier alpha value is -2.78. The number of carbonyl (C=O) groups excluding carboxylic acids is 3. The Balaban J connectivity index is 1.68. The summed E-state index contributed by atoms with van der Waals surface area (Å²) in [6, 6.07) is -1.25. The van der Waals surface area contributed by atoms with Gasteiger partial charge >= 0.3 is 12.1 Å². The number of azide groups is 1. The van der Waals surface area contributed by atoms with Crippen LogP contribution in [-0.2, 0) is 14.4 Å².